The lowest BCUT2D eigenvalue weighted by Gasteiger charge is -2.29. The molecule has 1 saturated heterocycles. The van der Waals surface area contributed by atoms with E-state index in [-0.39, 0.29) is 5.78 Å². The van der Waals surface area contributed by atoms with Crippen molar-refractivity contribution in [3.05, 3.63) is 0 Å². The van der Waals surface area contributed by atoms with Gasteiger partial charge in [-0.1, -0.05) is 13.8 Å². The highest BCUT2D eigenvalue weighted by Crippen LogP contribution is 2.08. The Kier molecular flexibility index (Phi) is 11.2. The van der Waals surface area contributed by atoms with Crippen LogP contribution >= 0.6 is 0 Å². The highest BCUT2D eigenvalue weighted by Gasteiger charge is 2.27. The van der Waals surface area contributed by atoms with Crippen LogP contribution in [0.1, 0.15) is 34.6 Å². The Labute approximate surface area is 150 Å². The predicted octanol–water partition coefficient (Wildman–Crippen LogP) is 0.467. The van der Waals surface area contributed by atoms with E-state index in [1.54, 1.807) is 13.8 Å². The molecule has 8 heteroatoms. The fourth-order valence-electron chi connectivity index (χ4n) is 2.69. The van der Waals surface area contributed by atoms with Gasteiger partial charge in [0.2, 0.25) is 0 Å². The van der Waals surface area contributed by atoms with Crippen molar-refractivity contribution in [2.24, 2.45) is 0 Å². The van der Waals surface area contributed by atoms with Gasteiger partial charge in [0.25, 0.3) is 0 Å². The second-order valence-electron chi connectivity index (χ2n) is 6.08. The van der Waals surface area contributed by atoms with Gasteiger partial charge in [-0.2, -0.15) is 0 Å². The van der Waals surface area contributed by atoms with Crippen LogP contribution in [0.5, 0.6) is 0 Å². The van der Waals surface area contributed by atoms with Crippen molar-refractivity contribution in [1.29, 1.82) is 0 Å². The summed E-state index contributed by atoms with van der Waals surface area (Å²) in [5, 5.41) is 18.4. The van der Waals surface area contributed by atoms with Gasteiger partial charge in [0, 0.05) is 39.3 Å². The molecular formula is C17H33N3O5. The second kappa shape index (κ2) is 11.9. The second-order valence-corrected chi connectivity index (χ2v) is 6.08. The SMILES string of the molecule is CC.CC(=O)CN1CCN(C(C)C(=O)O)CCN(C(C)C(=O)O)CC1. The van der Waals surface area contributed by atoms with Crippen LogP contribution in [0.2, 0.25) is 0 Å². The van der Waals surface area contributed by atoms with Crippen LogP contribution in [0.3, 0.4) is 0 Å². The number of ketones is 1. The number of carboxylic acid groups (broad SMARTS) is 2. The summed E-state index contributed by atoms with van der Waals surface area (Å²) in [4.78, 5) is 39.5. The maximum absolute atomic E-state index is 11.4. The molecule has 0 saturated carbocycles. The van der Waals surface area contributed by atoms with Crippen molar-refractivity contribution in [3.8, 4) is 0 Å². The van der Waals surface area contributed by atoms with E-state index in [2.05, 4.69) is 0 Å². The standard InChI is InChI=1S/C15H27N3O5.C2H6/c1-11(19)10-16-4-6-17(12(2)14(20)21)8-9-18(7-5-16)13(3)15(22)23;1-2/h12-13H,4-10H2,1-3H3,(H,20,21)(H,22,23);1-2H3. The summed E-state index contributed by atoms with van der Waals surface area (Å²) in [5.41, 5.74) is 0. The lowest BCUT2D eigenvalue weighted by molar-refractivity contribution is -0.144. The minimum atomic E-state index is -0.903. The maximum Gasteiger partial charge on any atom is 0.320 e. The Morgan fingerprint density at radius 3 is 1.40 bits per heavy atom. The smallest absolute Gasteiger partial charge is 0.320 e. The van der Waals surface area contributed by atoms with Gasteiger partial charge in [-0.3, -0.25) is 29.1 Å². The first-order valence-corrected chi connectivity index (χ1v) is 8.88. The van der Waals surface area contributed by atoms with E-state index in [0.717, 1.165) is 0 Å². The monoisotopic (exact) mass is 359 g/mol. The van der Waals surface area contributed by atoms with E-state index < -0.39 is 24.0 Å². The highest BCUT2D eigenvalue weighted by molar-refractivity contribution is 5.77. The lowest BCUT2D eigenvalue weighted by atomic mass is 10.2. The van der Waals surface area contributed by atoms with Gasteiger partial charge < -0.3 is 10.2 Å². The topological polar surface area (TPSA) is 101 Å². The molecule has 0 aliphatic carbocycles. The zero-order valence-corrected chi connectivity index (χ0v) is 16.1. The molecule has 1 aliphatic heterocycles. The molecule has 0 spiro atoms. The first-order valence-electron chi connectivity index (χ1n) is 8.88. The van der Waals surface area contributed by atoms with E-state index >= 15 is 0 Å². The van der Waals surface area contributed by atoms with Crippen molar-refractivity contribution >= 4 is 17.7 Å². The van der Waals surface area contributed by atoms with Crippen LogP contribution in [0.4, 0.5) is 0 Å². The fourth-order valence-corrected chi connectivity index (χ4v) is 2.69. The molecule has 1 fully saturated rings. The number of Topliss-reactive ketones (excluding diaryl/α,β-unsaturated/α-hetero) is 1. The van der Waals surface area contributed by atoms with Gasteiger partial charge in [0.05, 0.1) is 6.54 Å². The predicted molar refractivity (Wildman–Crippen MR) is 95.8 cm³/mol. The van der Waals surface area contributed by atoms with Crippen molar-refractivity contribution in [1.82, 2.24) is 14.7 Å². The van der Waals surface area contributed by atoms with Gasteiger partial charge >= 0.3 is 11.9 Å². The molecule has 2 N–H and O–H groups in total. The fraction of sp³-hybridized carbons (Fsp3) is 0.824. The van der Waals surface area contributed by atoms with E-state index in [9.17, 15) is 24.6 Å². The minimum absolute atomic E-state index is 0.0416. The summed E-state index contributed by atoms with van der Waals surface area (Å²) in [6.45, 7) is 12.3. The maximum atomic E-state index is 11.4. The number of hydrogen-bond acceptors (Lipinski definition) is 6. The average Bonchev–Trinajstić information content (AvgIpc) is 2.65. The molecule has 0 bridgehead atoms. The molecule has 2 unspecified atom stereocenters. The third-order valence-electron chi connectivity index (χ3n) is 4.34. The third-order valence-corrected chi connectivity index (χ3v) is 4.34. The zero-order chi connectivity index (χ0) is 19.6. The molecule has 0 aromatic carbocycles. The summed E-state index contributed by atoms with van der Waals surface area (Å²) in [6, 6.07) is -1.29. The van der Waals surface area contributed by atoms with Crippen LogP contribution in [0.25, 0.3) is 0 Å². The summed E-state index contributed by atoms with van der Waals surface area (Å²) >= 11 is 0. The molecule has 1 aliphatic rings. The first-order chi connectivity index (χ1) is 11.7. The van der Waals surface area contributed by atoms with Crippen molar-refractivity contribution < 1.29 is 24.6 Å². The third kappa shape index (κ3) is 8.42. The summed E-state index contributed by atoms with van der Waals surface area (Å²) in [5.74, 6) is -1.76. The van der Waals surface area contributed by atoms with Crippen LogP contribution in [-0.4, -0.2) is 101 Å². The highest BCUT2D eigenvalue weighted by atomic mass is 16.4. The minimum Gasteiger partial charge on any atom is -0.480 e. The number of hydrogen-bond donors (Lipinski definition) is 2. The van der Waals surface area contributed by atoms with E-state index in [0.29, 0.717) is 45.8 Å². The summed E-state index contributed by atoms with van der Waals surface area (Å²) < 4.78 is 0. The Bertz CT molecular complexity index is 412. The molecule has 0 aromatic heterocycles. The van der Waals surface area contributed by atoms with Crippen molar-refractivity contribution in [3.63, 3.8) is 0 Å². The largest absolute Gasteiger partial charge is 0.480 e. The Balaban J connectivity index is 0.00000277. The first kappa shape index (κ1) is 23.5. The number of rotatable bonds is 6. The molecule has 0 radical (unpaired) electrons. The molecule has 1 rings (SSSR count). The molecule has 2 atom stereocenters. The lowest BCUT2D eigenvalue weighted by Crippen LogP contribution is -2.47. The average molecular weight is 359 g/mol. The van der Waals surface area contributed by atoms with Gasteiger partial charge in [-0.15, -0.1) is 0 Å². The van der Waals surface area contributed by atoms with Crippen LogP contribution in [-0.2, 0) is 14.4 Å². The van der Waals surface area contributed by atoms with Gasteiger partial charge in [-0.25, -0.2) is 0 Å². The van der Waals surface area contributed by atoms with Crippen LogP contribution < -0.4 is 0 Å². The molecule has 1 heterocycles. The van der Waals surface area contributed by atoms with Crippen molar-refractivity contribution in [2.45, 2.75) is 46.7 Å². The molecule has 0 aromatic rings. The molecule has 8 nitrogen and oxygen atoms in total. The summed E-state index contributed by atoms with van der Waals surface area (Å²) in [6.07, 6.45) is 0. The number of carbonyl (C=O) groups is 3. The van der Waals surface area contributed by atoms with E-state index in [1.807, 2.05) is 28.5 Å². The van der Waals surface area contributed by atoms with E-state index in [1.165, 1.54) is 6.92 Å². The van der Waals surface area contributed by atoms with Crippen molar-refractivity contribution in [2.75, 3.05) is 45.8 Å². The van der Waals surface area contributed by atoms with Gasteiger partial charge in [-0.05, 0) is 20.8 Å². The van der Waals surface area contributed by atoms with Crippen LogP contribution in [0.15, 0.2) is 0 Å². The number of aliphatic carboxylic acids is 2. The quantitative estimate of drug-likeness (QED) is 0.706. The number of carboxylic acids is 2. The number of carbonyl (C=O) groups excluding carboxylic acids is 1. The Morgan fingerprint density at radius 1 is 0.800 bits per heavy atom. The van der Waals surface area contributed by atoms with Crippen LogP contribution in [0, 0.1) is 0 Å². The molecule has 146 valence electrons. The van der Waals surface area contributed by atoms with E-state index in [4.69, 9.17) is 0 Å². The summed E-state index contributed by atoms with van der Waals surface area (Å²) in [7, 11) is 0. The number of nitrogens with zero attached hydrogens (tertiary/aromatic N) is 3. The Hall–Kier alpha value is -1.51. The molecule has 0 amide bonds. The van der Waals surface area contributed by atoms with Gasteiger partial charge in [0.1, 0.15) is 17.9 Å². The normalized spacial score (nSPS) is 20.2. The van der Waals surface area contributed by atoms with Gasteiger partial charge in [0.15, 0.2) is 0 Å². The molecular weight excluding hydrogens is 326 g/mol. The Morgan fingerprint density at radius 2 is 1.12 bits per heavy atom. The molecule has 25 heavy (non-hydrogen) atoms. The zero-order valence-electron chi connectivity index (χ0n) is 16.1.